The van der Waals surface area contributed by atoms with E-state index in [9.17, 15) is 4.39 Å². The van der Waals surface area contributed by atoms with Crippen LogP contribution in [-0.4, -0.2) is 35.7 Å². The lowest BCUT2D eigenvalue weighted by atomic mass is 10.0. The highest BCUT2D eigenvalue weighted by Gasteiger charge is 2.31. The van der Waals surface area contributed by atoms with Crippen LogP contribution in [0.25, 0.3) is 0 Å². The summed E-state index contributed by atoms with van der Waals surface area (Å²) in [5.41, 5.74) is 6.58. The third kappa shape index (κ3) is 3.32. The molecule has 2 rings (SSSR count). The van der Waals surface area contributed by atoms with Crippen molar-refractivity contribution in [3.8, 4) is 0 Å². The van der Waals surface area contributed by atoms with Crippen LogP contribution in [-0.2, 0) is 0 Å². The topological polar surface area (TPSA) is 49.5 Å². The second kappa shape index (κ2) is 6.98. The highest BCUT2D eigenvalue weighted by molar-refractivity contribution is 5.22. The van der Waals surface area contributed by atoms with E-state index >= 15 is 0 Å². The molecule has 0 aliphatic carbocycles. The van der Waals surface area contributed by atoms with Crippen molar-refractivity contribution in [2.75, 3.05) is 19.7 Å². The van der Waals surface area contributed by atoms with E-state index < -0.39 is 0 Å². The zero-order chi connectivity index (χ0) is 13.7. The molecule has 1 saturated heterocycles. The quantitative estimate of drug-likeness (QED) is 0.828. The van der Waals surface area contributed by atoms with Gasteiger partial charge in [0.1, 0.15) is 5.82 Å². The van der Waals surface area contributed by atoms with Crippen LogP contribution >= 0.6 is 0 Å². The molecule has 1 aliphatic heterocycles. The summed E-state index contributed by atoms with van der Waals surface area (Å²) in [6, 6.07) is 7.26. The van der Waals surface area contributed by atoms with Gasteiger partial charge in [0.05, 0.1) is 6.04 Å². The Morgan fingerprint density at radius 2 is 2.21 bits per heavy atom. The van der Waals surface area contributed by atoms with Crippen LogP contribution in [0.4, 0.5) is 4.39 Å². The maximum absolute atomic E-state index is 13.9. The second-order valence-electron chi connectivity index (χ2n) is 5.17. The first-order valence-corrected chi connectivity index (χ1v) is 7.09. The molecule has 1 heterocycles. The maximum atomic E-state index is 13.9. The van der Waals surface area contributed by atoms with Gasteiger partial charge in [0.15, 0.2) is 0 Å². The summed E-state index contributed by atoms with van der Waals surface area (Å²) in [5, 5.41) is 8.97. The number of likely N-dealkylation sites (tertiary alicyclic amines) is 1. The van der Waals surface area contributed by atoms with E-state index in [4.69, 9.17) is 10.8 Å². The molecule has 3 nitrogen and oxygen atoms in total. The molecule has 1 aliphatic rings. The van der Waals surface area contributed by atoms with E-state index in [1.165, 1.54) is 6.07 Å². The molecule has 1 aromatic rings. The number of rotatable bonds is 6. The van der Waals surface area contributed by atoms with Crippen LogP contribution in [0.2, 0.25) is 0 Å². The fraction of sp³-hybridized carbons (Fsp3) is 0.600. The molecule has 0 bridgehead atoms. The third-order valence-electron chi connectivity index (χ3n) is 4.01. The zero-order valence-electron chi connectivity index (χ0n) is 11.3. The summed E-state index contributed by atoms with van der Waals surface area (Å²) in [4.78, 5) is 2.31. The third-order valence-corrected chi connectivity index (χ3v) is 4.01. The Bertz CT molecular complexity index is 399. The normalized spacial score (nSPS) is 21.7. The summed E-state index contributed by atoms with van der Waals surface area (Å²) in [6.45, 7) is 1.61. The minimum atomic E-state index is -0.175. The van der Waals surface area contributed by atoms with Crippen LogP contribution < -0.4 is 5.73 Å². The molecule has 19 heavy (non-hydrogen) atoms. The Labute approximate surface area is 114 Å². The van der Waals surface area contributed by atoms with Gasteiger partial charge in [0.2, 0.25) is 0 Å². The number of aliphatic hydroxyl groups is 1. The Balaban J connectivity index is 2.14. The molecule has 3 N–H and O–H groups in total. The van der Waals surface area contributed by atoms with Gasteiger partial charge in [-0.3, -0.25) is 4.90 Å². The minimum Gasteiger partial charge on any atom is -0.396 e. The number of hydrogen-bond donors (Lipinski definition) is 2. The van der Waals surface area contributed by atoms with E-state index in [2.05, 4.69) is 4.90 Å². The highest BCUT2D eigenvalue weighted by atomic mass is 19.1. The van der Waals surface area contributed by atoms with Gasteiger partial charge in [-0.25, -0.2) is 4.39 Å². The smallest absolute Gasteiger partial charge is 0.128 e. The maximum Gasteiger partial charge on any atom is 0.128 e. The monoisotopic (exact) mass is 266 g/mol. The second-order valence-corrected chi connectivity index (χ2v) is 5.17. The molecular formula is C15H23FN2O. The summed E-state index contributed by atoms with van der Waals surface area (Å²) >= 11 is 0. The Kier molecular flexibility index (Phi) is 5.31. The molecule has 2 unspecified atom stereocenters. The van der Waals surface area contributed by atoms with Crippen molar-refractivity contribution in [3.63, 3.8) is 0 Å². The van der Waals surface area contributed by atoms with E-state index in [1.54, 1.807) is 6.07 Å². The lowest BCUT2D eigenvalue weighted by molar-refractivity contribution is 0.162. The molecule has 106 valence electrons. The molecular weight excluding hydrogens is 243 g/mol. The average Bonchev–Trinajstić information content (AvgIpc) is 2.88. The van der Waals surface area contributed by atoms with Crippen molar-refractivity contribution < 1.29 is 9.50 Å². The van der Waals surface area contributed by atoms with Crippen molar-refractivity contribution in [3.05, 3.63) is 35.6 Å². The van der Waals surface area contributed by atoms with E-state index in [1.807, 2.05) is 12.1 Å². The number of halogens is 1. The van der Waals surface area contributed by atoms with E-state index in [0.29, 0.717) is 18.2 Å². The first kappa shape index (κ1) is 14.4. The first-order valence-electron chi connectivity index (χ1n) is 7.09. The molecule has 4 heteroatoms. The van der Waals surface area contributed by atoms with Crippen LogP contribution in [0.1, 0.15) is 37.3 Å². The fourth-order valence-electron chi connectivity index (χ4n) is 3.09. The van der Waals surface area contributed by atoms with Gasteiger partial charge in [-0.15, -0.1) is 0 Å². The van der Waals surface area contributed by atoms with Crippen molar-refractivity contribution in [2.24, 2.45) is 5.73 Å². The van der Waals surface area contributed by atoms with Crippen molar-refractivity contribution in [2.45, 2.75) is 37.8 Å². The standard InChI is InChI=1S/C15H23FN2O/c16-14-8-2-1-7-13(14)15(11-17)18-9-3-5-12(18)6-4-10-19/h1-2,7-8,12,15,19H,3-6,9-11,17H2. The SMILES string of the molecule is NCC(c1ccccc1F)N1CCCC1CCCO. The summed E-state index contributed by atoms with van der Waals surface area (Å²) in [5.74, 6) is -0.175. The number of hydrogen-bond acceptors (Lipinski definition) is 3. The lowest BCUT2D eigenvalue weighted by Gasteiger charge is -2.33. The number of nitrogens with two attached hydrogens (primary N) is 1. The molecule has 0 saturated carbocycles. The summed E-state index contributed by atoms with van der Waals surface area (Å²) in [6.07, 6.45) is 4.00. The van der Waals surface area contributed by atoms with Crippen LogP contribution in [0.3, 0.4) is 0 Å². The summed E-state index contributed by atoms with van der Waals surface area (Å²) < 4.78 is 13.9. The Morgan fingerprint density at radius 1 is 1.42 bits per heavy atom. The largest absolute Gasteiger partial charge is 0.396 e. The molecule has 1 aromatic carbocycles. The lowest BCUT2D eigenvalue weighted by Crippen LogP contribution is -2.38. The van der Waals surface area contributed by atoms with Crippen molar-refractivity contribution in [1.29, 1.82) is 0 Å². The molecule has 0 aromatic heterocycles. The number of nitrogens with zero attached hydrogens (tertiary/aromatic N) is 1. The van der Waals surface area contributed by atoms with Gasteiger partial charge < -0.3 is 10.8 Å². The van der Waals surface area contributed by atoms with Crippen molar-refractivity contribution >= 4 is 0 Å². The van der Waals surface area contributed by atoms with Crippen LogP contribution in [0.5, 0.6) is 0 Å². The van der Waals surface area contributed by atoms with Gasteiger partial charge in [-0.2, -0.15) is 0 Å². The molecule has 0 spiro atoms. The zero-order valence-corrected chi connectivity index (χ0v) is 11.3. The van der Waals surface area contributed by atoms with Gasteiger partial charge in [-0.1, -0.05) is 18.2 Å². The predicted molar refractivity (Wildman–Crippen MR) is 74.2 cm³/mol. The number of benzene rings is 1. The minimum absolute atomic E-state index is 0.0487. The van der Waals surface area contributed by atoms with E-state index in [0.717, 1.165) is 32.2 Å². The van der Waals surface area contributed by atoms with Gasteiger partial charge in [-0.05, 0) is 38.3 Å². The van der Waals surface area contributed by atoms with E-state index in [-0.39, 0.29) is 18.5 Å². The fourth-order valence-corrected chi connectivity index (χ4v) is 3.09. The van der Waals surface area contributed by atoms with Crippen LogP contribution in [0.15, 0.2) is 24.3 Å². The highest BCUT2D eigenvalue weighted by Crippen LogP contribution is 2.31. The van der Waals surface area contributed by atoms with Crippen molar-refractivity contribution in [1.82, 2.24) is 4.90 Å². The average molecular weight is 266 g/mol. The predicted octanol–water partition coefficient (Wildman–Crippen LogP) is 2.06. The number of aliphatic hydroxyl groups excluding tert-OH is 1. The van der Waals surface area contributed by atoms with Gasteiger partial charge >= 0.3 is 0 Å². The van der Waals surface area contributed by atoms with Crippen LogP contribution in [0, 0.1) is 5.82 Å². The van der Waals surface area contributed by atoms with Gasteiger partial charge in [0.25, 0.3) is 0 Å². The van der Waals surface area contributed by atoms with Gasteiger partial charge in [0, 0.05) is 24.8 Å². The Morgan fingerprint density at radius 3 is 2.89 bits per heavy atom. The molecule has 2 atom stereocenters. The molecule has 1 fully saturated rings. The molecule has 0 amide bonds. The summed E-state index contributed by atoms with van der Waals surface area (Å²) in [7, 11) is 0. The molecule has 0 radical (unpaired) electrons. The Hall–Kier alpha value is -0.970. The first-order chi connectivity index (χ1) is 9.27.